The number of methoxy groups -OCH3 is 2. The molecule has 0 aliphatic carbocycles. The highest BCUT2D eigenvalue weighted by Crippen LogP contribution is 2.30. The highest BCUT2D eigenvalue weighted by molar-refractivity contribution is 7.80. The van der Waals surface area contributed by atoms with Crippen molar-refractivity contribution in [1.82, 2.24) is 25.8 Å². The van der Waals surface area contributed by atoms with Gasteiger partial charge in [-0.15, -0.1) is 0 Å². The van der Waals surface area contributed by atoms with E-state index in [2.05, 4.69) is 16.0 Å². The van der Waals surface area contributed by atoms with Crippen LogP contribution in [0.15, 0.2) is 30.3 Å². The molecule has 1 aliphatic rings. The van der Waals surface area contributed by atoms with Crippen molar-refractivity contribution >= 4 is 40.9 Å². The normalized spacial score (nSPS) is 19.2. The molecule has 3 amide bonds. The van der Waals surface area contributed by atoms with Gasteiger partial charge in [0.25, 0.3) is 0 Å². The second-order valence-electron chi connectivity index (χ2n) is 14.9. The summed E-state index contributed by atoms with van der Waals surface area (Å²) in [6.45, 7) is 14.2. The zero-order chi connectivity index (χ0) is 39.3. The number of nitrogens with zero attached hydrogens (tertiary/aromatic N) is 2. The highest BCUT2D eigenvalue weighted by Gasteiger charge is 2.42. The van der Waals surface area contributed by atoms with Gasteiger partial charge in [0.15, 0.2) is 0 Å². The third kappa shape index (κ3) is 11.9. The maximum Gasteiger partial charge on any atom is 0.326 e. The molecule has 2 rings (SSSR count). The zero-order valence-corrected chi connectivity index (χ0v) is 34.0. The Hall–Kier alpha value is -3.13. The Labute approximate surface area is 317 Å². The van der Waals surface area contributed by atoms with E-state index in [1.54, 1.807) is 33.2 Å². The summed E-state index contributed by atoms with van der Waals surface area (Å²) in [7, 11) is 6.61. The Morgan fingerprint density at radius 3 is 2.10 bits per heavy atom. The monoisotopic (exact) mass is 747 g/mol. The van der Waals surface area contributed by atoms with E-state index in [9.17, 15) is 24.3 Å². The number of carbonyl (C=O) groups is 4. The molecule has 0 radical (unpaired) electrons. The molecule has 13 heteroatoms. The van der Waals surface area contributed by atoms with Gasteiger partial charge in [-0.3, -0.25) is 14.4 Å². The first-order valence-electron chi connectivity index (χ1n) is 18.7. The Bertz CT molecular complexity index is 1310. The molecule has 1 aliphatic heterocycles. The van der Waals surface area contributed by atoms with Gasteiger partial charge in [0.05, 0.1) is 41.7 Å². The van der Waals surface area contributed by atoms with Crippen LogP contribution in [0.2, 0.25) is 0 Å². The molecule has 0 unspecified atom stereocenters. The third-order valence-electron chi connectivity index (χ3n) is 10.6. The van der Waals surface area contributed by atoms with Crippen molar-refractivity contribution in [2.24, 2.45) is 23.7 Å². The number of ether oxygens (including phenoxy) is 2. The quantitative estimate of drug-likeness (QED) is 0.137. The van der Waals surface area contributed by atoms with Crippen LogP contribution in [0.1, 0.15) is 79.7 Å². The van der Waals surface area contributed by atoms with Gasteiger partial charge in [-0.05, 0) is 43.2 Å². The molecule has 0 bridgehead atoms. The average molecular weight is 748 g/mol. The van der Waals surface area contributed by atoms with Crippen LogP contribution in [0.5, 0.6) is 0 Å². The minimum Gasteiger partial charge on any atom is -0.480 e. The van der Waals surface area contributed by atoms with Gasteiger partial charge in [-0.1, -0.05) is 97.4 Å². The number of thiocarbonyl (C=S) groups is 1. The lowest BCUT2D eigenvalue weighted by Gasteiger charge is -2.41. The summed E-state index contributed by atoms with van der Waals surface area (Å²) in [5, 5.41) is 19.0. The number of carbonyl (C=O) groups excluding carboxylic acids is 3. The van der Waals surface area contributed by atoms with Crippen molar-refractivity contribution in [3.05, 3.63) is 35.9 Å². The zero-order valence-electron chi connectivity index (χ0n) is 33.2. The number of rotatable bonds is 21. The number of benzene rings is 1. The summed E-state index contributed by atoms with van der Waals surface area (Å²) in [5.74, 6) is -2.13. The predicted molar refractivity (Wildman–Crippen MR) is 208 cm³/mol. The van der Waals surface area contributed by atoms with E-state index in [4.69, 9.17) is 21.7 Å². The lowest BCUT2D eigenvalue weighted by molar-refractivity contribution is -0.147. The average Bonchev–Trinajstić information content (AvgIpc) is 3.59. The number of hydrogen-bond donors (Lipinski definition) is 4. The van der Waals surface area contributed by atoms with Crippen LogP contribution in [-0.4, -0.2) is 121 Å². The fourth-order valence-electron chi connectivity index (χ4n) is 7.40. The van der Waals surface area contributed by atoms with E-state index in [0.717, 1.165) is 18.4 Å². The Morgan fingerprint density at radius 1 is 0.981 bits per heavy atom. The maximum atomic E-state index is 14.2. The molecule has 294 valence electrons. The standard InChI is InChI=1S/C39H65N5O7S/c1-12-25(6)34(43(9)38(47)33(24(4)5)42-36(46)32(40-8)23(2)3)30(50-10)22-31(45)44-20-16-19-29(44)35(51-11)26(7)37(52)41-28(39(48)49)21-27-17-14-13-15-18-27/h13-15,17-18,23-26,28-30,32-35,40H,12,16,19-22H2,1-11H3,(H,41,52)(H,42,46)(H,48,49)/t25-,26+,28-,29-,30+,32-,33-,34-,35+/m0/s1. The second kappa shape index (κ2) is 21.5. The van der Waals surface area contributed by atoms with Crippen LogP contribution in [0.3, 0.4) is 0 Å². The Morgan fingerprint density at radius 2 is 1.60 bits per heavy atom. The smallest absolute Gasteiger partial charge is 0.326 e. The summed E-state index contributed by atoms with van der Waals surface area (Å²) >= 11 is 5.74. The van der Waals surface area contributed by atoms with Gasteiger partial charge in [-0.2, -0.15) is 0 Å². The first-order chi connectivity index (χ1) is 24.5. The number of carboxylic acid groups (broad SMARTS) is 1. The number of hydrogen-bond acceptors (Lipinski definition) is 8. The summed E-state index contributed by atoms with van der Waals surface area (Å²) in [6, 6.07) is 6.53. The molecule has 0 aromatic heterocycles. The van der Waals surface area contributed by atoms with E-state index in [1.165, 1.54) is 0 Å². The lowest BCUT2D eigenvalue weighted by Crippen LogP contribution is -2.59. The number of carboxylic acids is 1. The van der Waals surface area contributed by atoms with Crippen molar-refractivity contribution < 1.29 is 33.8 Å². The molecule has 9 atom stereocenters. The summed E-state index contributed by atoms with van der Waals surface area (Å²) in [4.78, 5) is 57.5. The minimum atomic E-state index is -1.00. The van der Waals surface area contributed by atoms with Crippen molar-refractivity contribution in [3.8, 4) is 0 Å². The van der Waals surface area contributed by atoms with E-state index < -0.39 is 42.3 Å². The SMILES string of the molecule is CC[C@H](C)[C@@H]([C@@H](CC(=O)N1CCC[C@H]1[C@H](OC)[C@@H](C)C(=S)N[C@@H](Cc1ccccc1)C(=O)O)OC)N(C)C(=O)[C@@H](NC(=O)[C@@H](NC)C(C)C)C(C)C. The number of likely N-dealkylation sites (N-methyl/N-ethyl adjacent to an activating group) is 2. The number of likely N-dealkylation sites (tertiary alicyclic amines) is 1. The van der Waals surface area contributed by atoms with E-state index >= 15 is 0 Å². The molecule has 1 aromatic carbocycles. The van der Waals surface area contributed by atoms with Gasteiger partial charge < -0.3 is 40.3 Å². The van der Waals surface area contributed by atoms with Crippen molar-refractivity contribution in [3.63, 3.8) is 0 Å². The lowest BCUT2D eigenvalue weighted by atomic mass is 9.89. The molecule has 1 saturated heterocycles. The van der Waals surface area contributed by atoms with Crippen LogP contribution in [0, 0.1) is 23.7 Å². The molecular formula is C39H65N5O7S. The summed E-state index contributed by atoms with van der Waals surface area (Å²) in [6.07, 6.45) is 1.44. The molecule has 1 aromatic rings. The van der Waals surface area contributed by atoms with Gasteiger partial charge in [0, 0.05) is 40.2 Å². The number of aliphatic carboxylic acids is 1. The van der Waals surface area contributed by atoms with Crippen LogP contribution >= 0.6 is 12.2 Å². The van der Waals surface area contributed by atoms with Gasteiger partial charge in [-0.25, -0.2) is 4.79 Å². The van der Waals surface area contributed by atoms with Gasteiger partial charge >= 0.3 is 5.97 Å². The predicted octanol–water partition coefficient (Wildman–Crippen LogP) is 3.90. The van der Waals surface area contributed by atoms with Crippen molar-refractivity contribution in [2.75, 3.05) is 34.9 Å². The van der Waals surface area contributed by atoms with E-state index in [-0.39, 0.29) is 60.3 Å². The number of amides is 3. The molecule has 1 heterocycles. The topological polar surface area (TPSA) is 150 Å². The first kappa shape index (κ1) is 45.0. The van der Waals surface area contributed by atoms with Crippen LogP contribution in [0.4, 0.5) is 0 Å². The molecule has 4 N–H and O–H groups in total. The number of nitrogens with one attached hydrogen (secondary N) is 3. The Balaban J connectivity index is 2.26. The molecule has 0 spiro atoms. The largest absolute Gasteiger partial charge is 0.480 e. The summed E-state index contributed by atoms with van der Waals surface area (Å²) < 4.78 is 12.0. The van der Waals surface area contributed by atoms with Gasteiger partial charge in [0.2, 0.25) is 17.7 Å². The molecule has 1 fully saturated rings. The molecule has 52 heavy (non-hydrogen) atoms. The van der Waals surface area contributed by atoms with Crippen molar-refractivity contribution in [2.45, 2.75) is 123 Å². The summed E-state index contributed by atoms with van der Waals surface area (Å²) in [5.41, 5.74) is 0.877. The van der Waals surface area contributed by atoms with Gasteiger partial charge in [0.1, 0.15) is 12.1 Å². The van der Waals surface area contributed by atoms with E-state index in [1.807, 2.05) is 83.7 Å². The molecular weight excluding hydrogens is 683 g/mol. The second-order valence-corrected chi connectivity index (χ2v) is 15.4. The third-order valence-corrected chi connectivity index (χ3v) is 11.1. The first-order valence-corrected chi connectivity index (χ1v) is 19.1. The van der Waals surface area contributed by atoms with Crippen molar-refractivity contribution in [1.29, 1.82) is 0 Å². The van der Waals surface area contributed by atoms with Crippen LogP contribution in [-0.2, 0) is 35.1 Å². The fraction of sp³-hybridized carbons (Fsp3) is 0.718. The Kier molecular flexibility index (Phi) is 18.7. The molecule has 0 saturated carbocycles. The maximum absolute atomic E-state index is 14.2. The van der Waals surface area contributed by atoms with Crippen LogP contribution < -0.4 is 16.0 Å². The van der Waals surface area contributed by atoms with E-state index in [0.29, 0.717) is 18.0 Å². The highest BCUT2D eigenvalue weighted by atomic mass is 32.1. The van der Waals surface area contributed by atoms with Crippen LogP contribution in [0.25, 0.3) is 0 Å². The minimum absolute atomic E-state index is 0.0152. The molecule has 12 nitrogen and oxygen atoms in total. The fourth-order valence-corrected chi connectivity index (χ4v) is 7.68.